The molecule has 152 valence electrons. The lowest BCUT2D eigenvalue weighted by atomic mass is 10.0. The van der Waals surface area contributed by atoms with Crippen molar-refractivity contribution in [3.8, 4) is 0 Å². The maximum absolute atomic E-state index is 13.4. The van der Waals surface area contributed by atoms with Crippen molar-refractivity contribution in [3.63, 3.8) is 0 Å². The Morgan fingerprint density at radius 2 is 1.60 bits per heavy atom. The molecule has 0 radical (unpaired) electrons. The number of hydrogen-bond donors (Lipinski definition) is 1. The van der Waals surface area contributed by atoms with E-state index in [9.17, 15) is 26.8 Å². The summed E-state index contributed by atoms with van der Waals surface area (Å²) in [7, 11) is -3.97. The summed E-state index contributed by atoms with van der Waals surface area (Å²) in [5.41, 5.74) is 0.462. The van der Waals surface area contributed by atoms with E-state index in [2.05, 4.69) is 5.32 Å². The van der Waals surface area contributed by atoms with Gasteiger partial charge in [-0.3, -0.25) is 9.59 Å². The summed E-state index contributed by atoms with van der Waals surface area (Å²) in [6.45, 7) is 1.58. The minimum atomic E-state index is -3.97. The van der Waals surface area contributed by atoms with Crippen LogP contribution in [0.5, 0.6) is 0 Å². The molecule has 0 saturated heterocycles. The fourth-order valence-corrected chi connectivity index (χ4v) is 5.05. The van der Waals surface area contributed by atoms with Crippen molar-refractivity contribution in [1.29, 1.82) is 0 Å². The van der Waals surface area contributed by atoms with Crippen LogP contribution in [0.15, 0.2) is 70.5 Å². The average molecular weight is 427 g/mol. The first-order valence-corrected chi connectivity index (χ1v) is 10.5. The fourth-order valence-electron chi connectivity index (χ4n) is 3.37. The highest BCUT2D eigenvalue weighted by atomic mass is 32.2. The Balaban J connectivity index is 1.67. The van der Waals surface area contributed by atoms with Crippen molar-refractivity contribution in [2.45, 2.75) is 22.8 Å². The number of carbonyl (C=O) groups excluding carboxylic acids is 2. The molecule has 1 aliphatic rings. The Labute approximate surface area is 171 Å². The molecule has 0 fully saturated rings. The number of hydrogen-bond acceptors (Lipinski definition) is 4. The first kappa shape index (κ1) is 19.9. The second-order valence-corrected chi connectivity index (χ2v) is 8.79. The van der Waals surface area contributed by atoms with Gasteiger partial charge in [0.25, 0.3) is 5.91 Å². The highest BCUT2D eigenvalue weighted by Crippen LogP contribution is 2.34. The van der Waals surface area contributed by atoms with Crippen molar-refractivity contribution in [3.05, 3.63) is 94.6 Å². The number of fused-ring (bicyclic) bond motifs is 2. The third-order valence-corrected chi connectivity index (χ3v) is 6.84. The monoisotopic (exact) mass is 427 g/mol. The number of ketones is 1. The van der Waals surface area contributed by atoms with Gasteiger partial charge in [-0.25, -0.2) is 17.2 Å². The highest BCUT2D eigenvalue weighted by molar-refractivity contribution is 7.91. The lowest BCUT2D eigenvalue weighted by Gasteiger charge is -2.20. The van der Waals surface area contributed by atoms with Gasteiger partial charge in [0.05, 0.1) is 15.8 Å². The molecule has 0 aliphatic carbocycles. The van der Waals surface area contributed by atoms with E-state index in [1.165, 1.54) is 36.4 Å². The van der Waals surface area contributed by atoms with Gasteiger partial charge < -0.3 is 5.32 Å². The van der Waals surface area contributed by atoms with Crippen LogP contribution in [0.4, 0.5) is 8.78 Å². The number of nitrogens with one attached hydrogen (secondary N) is 1. The SMILES string of the molecule is C[C@@H](NC(=O)c1ccc2c(c1)S(=O)(=O)c1ccccc1C2=O)c1ccc(F)c(F)c1. The van der Waals surface area contributed by atoms with Crippen LogP contribution in [-0.4, -0.2) is 20.1 Å². The zero-order chi connectivity index (χ0) is 21.6. The summed E-state index contributed by atoms with van der Waals surface area (Å²) < 4.78 is 52.5. The molecular formula is C22H15F2NO4S. The Morgan fingerprint density at radius 3 is 2.33 bits per heavy atom. The molecule has 5 nitrogen and oxygen atoms in total. The third kappa shape index (κ3) is 3.19. The molecule has 4 rings (SSSR count). The largest absolute Gasteiger partial charge is 0.346 e. The summed E-state index contributed by atoms with van der Waals surface area (Å²) in [6, 6.07) is 12.3. The molecule has 0 unspecified atom stereocenters. The standard InChI is InChI=1S/C22H15F2NO4S/c1-12(13-7-9-17(23)18(24)10-13)25-22(27)14-6-8-16-20(11-14)30(28,29)19-5-3-2-4-15(19)21(16)26/h2-12H,1H3,(H,25,27)/t12-/m1/s1. The minimum absolute atomic E-state index is 0.00101. The molecule has 0 aromatic heterocycles. The minimum Gasteiger partial charge on any atom is -0.346 e. The second-order valence-electron chi connectivity index (χ2n) is 6.91. The molecule has 3 aromatic carbocycles. The van der Waals surface area contributed by atoms with Gasteiger partial charge in [0.15, 0.2) is 17.4 Å². The van der Waals surface area contributed by atoms with Gasteiger partial charge in [-0.2, -0.15) is 0 Å². The molecule has 0 bridgehead atoms. The van der Waals surface area contributed by atoms with Crippen molar-refractivity contribution in [2.24, 2.45) is 0 Å². The quantitative estimate of drug-likeness (QED) is 0.539. The number of rotatable bonds is 3. The van der Waals surface area contributed by atoms with Crippen LogP contribution in [0.2, 0.25) is 0 Å². The molecule has 1 aliphatic heterocycles. The van der Waals surface area contributed by atoms with E-state index in [0.717, 1.165) is 18.2 Å². The van der Waals surface area contributed by atoms with Crippen molar-refractivity contribution in [1.82, 2.24) is 5.32 Å². The first-order chi connectivity index (χ1) is 14.2. The molecule has 1 atom stereocenters. The number of carbonyl (C=O) groups is 2. The number of sulfone groups is 1. The topological polar surface area (TPSA) is 80.3 Å². The van der Waals surface area contributed by atoms with Crippen LogP contribution in [0.3, 0.4) is 0 Å². The molecule has 1 amide bonds. The Morgan fingerprint density at radius 1 is 0.900 bits per heavy atom. The fraction of sp³-hybridized carbons (Fsp3) is 0.0909. The van der Waals surface area contributed by atoms with E-state index >= 15 is 0 Å². The van der Waals surface area contributed by atoms with Crippen molar-refractivity contribution in [2.75, 3.05) is 0 Å². The number of amides is 1. The maximum atomic E-state index is 13.4. The predicted molar refractivity (Wildman–Crippen MR) is 104 cm³/mol. The smallest absolute Gasteiger partial charge is 0.251 e. The number of benzene rings is 3. The highest BCUT2D eigenvalue weighted by Gasteiger charge is 2.35. The summed E-state index contributed by atoms with van der Waals surface area (Å²) in [5.74, 6) is -3.08. The Kier molecular flexibility index (Phi) is 4.74. The van der Waals surface area contributed by atoms with Gasteiger partial charge in [0, 0.05) is 16.7 Å². The molecule has 8 heteroatoms. The Hall–Kier alpha value is -3.39. The zero-order valence-corrected chi connectivity index (χ0v) is 16.5. The van der Waals surface area contributed by atoms with E-state index in [-0.39, 0.29) is 26.5 Å². The summed E-state index contributed by atoms with van der Waals surface area (Å²) in [5, 5.41) is 2.62. The van der Waals surface area contributed by atoms with Crippen LogP contribution in [0.1, 0.15) is 44.8 Å². The third-order valence-electron chi connectivity index (χ3n) is 4.99. The summed E-state index contributed by atoms with van der Waals surface area (Å²) >= 11 is 0. The van der Waals surface area contributed by atoms with Gasteiger partial charge in [0.1, 0.15) is 0 Å². The molecule has 1 heterocycles. The van der Waals surface area contributed by atoms with Gasteiger partial charge >= 0.3 is 0 Å². The van der Waals surface area contributed by atoms with Gasteiger partial charge in [0.2, 0.25) is 9.84 Å². The lowest BCUT2D eigenvalue weighted by Crippen LogP contribution is -2.28. The van der Waals surface area contributed by atoms with E-state index in [0.29, 0.717) is 5.56 Å². The van der Waals surface area contributed by atoms with Gasteiger partial charge in [-0.15, -0.1) is 0 Å². The van der Waals surface area contributed by atoms with Crippen LogP contribution >= 0.6 is 0 Å². The van der Waals surface area contributed by atoms with Crippen molar-refractivity contribution < 1.29 is 26.8 Å². The first-order valence-electron chi connectivity index (χ1n) is 8.99. The zero-order valence-electron chi connectivity index (χ0n) is 15.6. The van der Waals surface area contributed by atoms with E-state index < -0.39 is 39.2 Å². The predicted octanol–water partition coefficient (Wildman–Crippen LogP) is 3.83. The number of halogens is 2. The molecule has 1 N–H and O–H groups in total. The molecule has 3 aromatic rings. The van der Waals surface area contributed by atoms with E-state index in [1.54, 1.807) is 13.0 Å². The molecular weight excluding hydrogens is 412 g/mol. The van der Waals surface area contributed by atoms with Crippen LogP contribution < -0.4 is 5.32 Å². The normalized spacial score (nSPS) is 15.1. The van der Waals surface area contributed by atoms with E-state index in [1.807, 2.05) is 0 Å². The van der Waals surface area contributed by atoms with E-state index in [4.69, 9.17) is 0 Å². The van der Waals surface area contributed by atoms with Crippen LogP contribution in [0.25, 0.3) is 0 Å². The Bertz CT molecular complexity index is 1320. The summed E-state index contributed by atoms with van der Waals surface area (Å²) in [4.78, 5) is 25.0. The molecule has 0 spiro atoms. The lowest BCUT2D eigenvalue weighted by molar-refractivity contribution is 0.0938. The van der Waals surface area contributed by atoms with Crippen LogP contribution in [-0.2, 0) is 9.84 Å². The second kappa shape index (κ2) is 7.14. The maximum Gasteiger partial charge on any atom is 0.251 e. The van der Waals surface area contributed by atoms with Crippen molar-refractivity contribution >= 4 is 21.5 Å². The average Bonchev–Trinajstić information content (AvgIpc) is 2.74. The summed E-state index contributed by atoms with van der Waals surface area (Å²) in [6.07, 6.45) is 0. The molecule has 30 heavy (non-hydrogen) atoms. The van der Waals surface area contributed by atoms with Gasteiger partial charge in [-0.05, 0) is 55.0 Å². The molecule has 0 saturated carbocycles. The van der Waals surface area contributed by atoms with Crippen LogP contribution in [0, 0.1) is 11.6 Å². The van der Waals surface area contributed by atoms with Gasteiger partial charge in [-0.1, -0.05) is 18.2 Å².